The zero-order chi connectivity index (χ0) is 13.2. The topological polar surface area (TPSA) is 25.4 Å². The summed E-state index contributed by atoms with van der Waals surface area (Å²) in [6.45, 7) is 2.21. The first-order valence-electron chi connectivity index (χ1n) is 6.25. The average molecular weight is 342 g/mol. The lowest BCUT2D eigenvalue weighted by Crippen LogP contribution is -2.47. The molecule has 5 heteroatoms. The highest BCUT2D eigenvalue weighted by Gasteiger charge is 2.24. The first kappa shape index (κ1) is 13.2. The summed E-state index contributed by atoms with van der Waals surface area (Å²) < 4.78 is 6.58. The van der Waals surface area contributed by atoms with Crippen molar-refractivity contribution in [2.24, 2.45) is 0 Å². The molecule has 2 heterocycles. The van der Waals surface area contributed by atoms with Gasteiger partial charge in [-0.15, -0.1) is 11.6 Å². The third-order valence-corrected chi connectivity index (χ3v) is 4.46. The number of nitrogens with zero attached hydrogens (tertiary/aromatic N) is 2. The van der Waals surface area contributed by atoms with Gasteiger partial charge in [0.15, 0.2) is 0 Å². The van der Waals surface area contributed by atoms with Gasteiger partial charge in [0.05, 0.1) is 19.3 Å². The maximum atomic E-state index is 6.05. The number of alkyl halides is 1. The highest BCUT2D eigenvalue weighted by atomic mass is 79.9. The number of fused-ring (bicyclic) bond motifs is 1. The van der Waals surface area contributed by atoms with Gasteiger partial charge in [-0.05, 0) is 12.1 Å². The van der Waals surface area contributed by atoms with Gasteiger partial charge in [-0.1, -0.05) is 28.1 Å². The van der Waals surface area contributed by atoms with Gasteiger partial charge in [0.1, 0.15) is 5.82 Å². The minimum atomic E-state index is 0.187. The van der Waals surface area contributed by atoms with Crippen LogP contribution < -0.4 is 4.90 Å². The number of ether oxygens (including phenoxy) is 1. The van der Waals surface area contributed by atoms with Crippen molar-refractivity contribution < 1.29 is 4.74 Å². The summed E-state index contributed by atoms with van der Waals surface area (Å²) in [5, 5.41) is 2.32. The molecule has 0 spiro atoms. The molecule has 1 aromatic carbocycles. The zero-order valence-corrected chi connectivity index (χ0v) is 12.7. The molecule has 19 heavy (non-hydrogen) atoms. The SMILES string of the molecule is ClCC1COCCN1c1nccc2c(Br)cccc12. The molecular formula is C14H14BrClN2O. The highest BCUT2D eigenvalue weighted by Crippen LogP contribution is 2.31. The molecule has 0 amide bonds. The van der Waals surface area contributed by atoms with Gasteiger partial charge in [0.25, 0.3) is 0 Å². The van der Waals surface area contributed by atoms with Gasteiger partial charge in [-0.3, -0.25) is 0 Å². The Morgan fingerprint density at radius 3 is 3.11 bits per heavy atom. The molecule has 3 nitrogen and oxygen atoms in total. The van der Waals surface area contributed by atoms with Crippen LogP contribution in [0.2, 0.25) is 0 Å². The molecule has 1 aliphatic heterocycles. The van der Waals surface area contributed by atoms with Crippen molar-refractivity contribution in [2.75, 3.05) is 30.5 Å². The molecule has 0 saturated carbocycles. The minimum absolute atomic E-state index is 0.187. The minimum Gasteiger partial charge on any atom is -0.377 e. The second-order valence-corrected chi connectivity index (χ2v) is 5.71. The Kier molecular flexibility index (Phi) is 3.91. The van der Waals surface area contributed by atoms with E-state index in [1.165, 1.54) is 5.39 Å². The molecule has 1 aromatic heterocycles. The number of anilines is 1. The number of halogens is 2. The van der Waals surface area contributed by atoms with Gasteiger partial charge in [-0.2, -0.15) is 0 Å². The predicted molar refractivity (Wildman–Crippen MR) is 82.1 cm³/mol. The fourth-order valence-electron chi connectivity index (χ4n) is 2.44. The van der Waals surface area contributed by atoms with E-state index in [1.54, 1.807) is 0 Å². The number of hydrogen-bond acceptors (Lipinski definition) is 3. The maximum Gasteiger partial charge on any atom is 0.136 e. The van der Waals surface area contributed by atoms with Crippen molar-refractivity contribution in [1.29, 1.82) is 0 Å². The van der Waals surface area contributed by atoms with Crippen LogP contribution >= 0.6 is 27.5 Å². The molecule has 100 valence electrons. The number of hydrogen-bond donors (Lipinski definition) is 0. The van der Waals surface area contributed by atoms with E-state index in [-0.39, 0.29) is 6.04 Å². The van der Waals surface area contributed by atoms with Crippen LogP contribution in [0, 0.1) is 0 Å². The highest BCUT2D eigenvalue weighted by molar-refractivity contribution is 9.10. The quantitative estimate of drug-likeness (QED) is 0.782. The Bertz CT molecular complexity index is 593. The summed E-state index contributed by atoms with van der Waals surface area (Å²) in [5.41, 5.74) is 0. The lowest BCUT2D eigenvalue weighted by molar-refractivity contribution is 0.0995. The summed E-state index contributed by atoms with van der Waals surface area (Å²) in [7, 11) is 0. The van der Waals surface area contributed by atoms with Crippen molar-refractivity contribution in [2.45, 2.75) is 6.04 Å². The van der Waals surface area contributed by atoms with E-state index >= 15 is 0 Å². The van der Waals surface area contributed by atoms with Crippen molar-refractivity contribution in [3.63, 3.8) is 0 Å². The number of morpholine rings is 1. The fraction of sp³-hybridized carbons (Fsp3) is 0.357. The number of benzene rings is 1. The van der Waals surface area contributed by atoms with E-state index in [0.29, 0.717) is 12.5 Å². The molecule has 0 bridgehead atoms. The van der Waals surface area contributed by atoms with Crippen LogP contribution in [0.15, 0.2) is 34.9 Å². The summed E-state index contributed by atoms with van der Waals surface area (Å²) in [6, 6.07) is 8.40. The third kappa shape index (κ3) is 2.45. The Hall–Kier alpha value is -0.840. The lowest BCUT2D eigenvalue weighted by atomic mass is 10.1. The smallest absolute Gasteiger partial charge is 0.136 e. The molecule has 2 aromatic rings. The first-order chi connectivity index (χ1) is 9.31. The van der Waals surface area contributed by atoms with Crippen molar-refractivity contribution in [1.82, 2.24) is 4.98 Å². The average Bonchev–Trinajstić information content (AvgIpc) is 2.47. The Morgan fingerprint density at radius 2 is 2.26 bits per heavy atom. The van der Waals surface area contributed by atoms with Gasteiger partial charge in [0.2, 0.25) is 0 Å². The molecule has 1 saturated heterocycles. The van der Waals surface area contributed by atoms with E-state index in [0.717, 1.165) is 28.8 Å². The summed E-state index contributed by atoms with van der Waals surface area (Å²) >= 11 is 9.64. The summed E-state index contributed by atoms with van der Waals surface area (Å²) in [6.07, 6.45) is 1.85. The van der Waals surface area contributed by atoms with Crippen LogP contribution in [0.1, 0.15) is 0 Å². The molecule has 0 N–H and O–H groups in total. The molecular weight excluding hydrogens is 328 g/mol. The van der Waals surface area contributed by atoms with Crippen LogP contribution in [-0.4, -0.2) is 36.7 Å². The van der Waals surface area contributed by atoms with Crippen LogP contribution in [0.5, 0.6) is 0 Å². The van der Waals surface area contributed by atoms with Gasteiger partial charge in [0, 0.05) is 33.9 Å². The monoisotopic (exact) mass is 340 g/mol. The van der Waals surface area contributed by atoms with E-state index in [2.05, 4.69) is 31.9 Å². The van der Waals surface area contributed by atoms with Crippen LogP contribution in [0.25, 0.3) is 10.8 Å². The first-order valence-corrected chi connectivity index (χ1v) is 7.57. The molecule has 1 atom stereocenters. The van der Waals surface area contributed by atoms with Gasteiger partial charge in [-0.25, -0.2) is 4.98 Å². The Labute approximate surface area is 125 Å². The van der Waals surface area contributed by atoms with Crippen LogP contribution in [-0.2, 0) is 4.74 Å². The van der Waals surface area contributed by atoms with E-state index < -0.39 is 0 Å². The summed E-state index contributed by atoms with van der Waals surface area (Å²) in [5.74, 6) is 1.54. The van der Waals surface area contributed by atoms with E-state index in [9.17, 15) is 0 Å². The fourth-order valence-corrected chi connectivity index (χ4v) is 3.20. The number of rotatable bonds is 2. The molecule has 1 fully saturated rings. The number of aromatic nitrogens is 1. The molecule has 3 rings (SSSR count). The van der Waals surface area contributed by atoms with Crippen molar-refractivity contribution >= 4 is 44.1 Å². The lowest BCUT2D eigenvalue weighted by Gasteiger charge is -2.36. The number of pyridine rings is 1. The van der Waals surface area contributed by atoms with Crippen LogP contribution in [0.4, 0.5) is 5.82 Å². The van der Waals surface area contributed by atoms with Crippen molar-refractivity contribution in [3.8, 4) is 0 Å². The normalized spacial score (nSPS) is 19.9. The third-order valence-electron chi connectivity index (χ3n) is 3.41. The second kappa shape index (κ2) is 5.65. The Morgan fingerprint density at radius 1 is 1.37 bits per heavy atom. The van der Waals surface area contributed by atoms with E-state index in [4.69, 9.17) is 16.3 Å². The standard InChI is InChI=1S/C14H14BrClN2O/c15-13-3-1-2-12-11(13)4-5-17-14(12)18-6-7-19-9-10(18)8-16/h1-5,10H,6-9H2. The second-order valence-electron chi connectivity index (χ2n) is 4.55. The molecule has 0 aliphatic carbocycles. The van der Waals surface area contributed by atoms with Crippen LogP contribution in [0.3, 0.4) is 0 Å². The molecule has 1 unspecified atom stereocenters. The zero-order valence-electron chi connectivity index (χ0n) is 10.4. The van der Waals surface area contributed by atoms with Gasteiger partial charge < -0.3 is 9.64 Å². The maximum absolute atomic E-state index is 6.05. The predicted octanol–water partition coefficient (Wildman–Crippen LogP) is 3.44. The molecule has 0 radical (unpaired) electrons. The molecule has 1 aliphatic rings. The summed E-state index contributed by atoms with van der Waals surface area (Å²) in [4.78, 5) is 6.82. The van der Waals surface area contributed by atoms with E-state index in [1.807, 2.05) is 24.4 Å². The largest absolute Gasteiger partial charge is 0.377 e. The van der Waals surface area contributed by atoms with Crippen molar-refractivity contribution in [3.05, 3.63) is 34.9 Å². The Balaban J connectivity index is 2.11. The van der Waals surface area contributed by atoms with Gasteiger partial charge >= 0.3 is 0 Å².